The average Bonchev–Trinajstić information content (AvgIpc) is 3.02. The van der Waals surface area contributed by atoms with Gasteiger partial charge in [-0.2, -0.15) is 4.98 Å². The summed E-state index contributed by atoms with van der Waals surface area (Å²) < 4.78 is 6.61. The summed E-state index contributed by atoms with van der Waals surface area (Å²) in [6.45, 7) is 3.30. The fourth-order valence-corrected chi connectivity index (χ4v) is 3.94. The molecule has 0 aromatic carbocycles. The fraction of sp³-hybridized carbons (Fsp3) is 0.714. The number of morpholine rings is 1. The molecule has 3 rings (SSSR count). The maximum absolute atomic E-state index is 5.42. The van der Waals surface area contributed by atoms with E-state index < -0.39 is 0 Å². The Kier molecular flexibility index (Phi) is 4.60. The molecule has 2 fully saturated rings. The third-order valence-electron chi connectivity index (χ3n) is 4.14. The summed E-state index contributed by atoms with van der Waals surface area (Å²) in [5.74, 6) is 2.43. The zero-order chi connectivity index (χ0) is 13.9. The molecule has 1 aromatic rings. The Morgan fingerprint density at radius 1 is 1.20 bits per heavy atom. The molecule has 1 N–H and O–H groups in total. The molecular formula is C14H21IN4O. The van der Waals surface area contributed by atoms with E-state index in [1.54, 1.807) is 0 Å². The zero-order valence-corrected chi connectivity index (χ0v) is 14.0. The van der Waals surface area contributed by atoms with Gasteiger partial charge in [0.1, 0.15) is 5.82 Å². The van der Waals surface area contributed by atoms with Crippen molar-refractivity contribution in [3.8, 4) is 0 Å². The van der Waals surface area contributed by atoms with Crippen molar-refractivity contribution in [3.05, 3.63) is 9.26 Å². The number of anilines is 2. The van der Waals surface area contributed by atoms with Crippen molar-refractivity contribution in [2.75, 3.05) is 43.6 Å². The summed E-state index contributed by atoms with van der Waals surface area (Å²) in [5, 5.41) is 3.22. The highest BCUT2D eigenvalue weighted by Crippen LogP contribution is 2.37. The molecule has 0 radical (unpaired) electrons. The fourth-order valence-electron chi connectivity index (χ4n) is 2.99. The van der Waals surface area contributed by atoms with Crippen LogP contribution in [0.15, 0.2) is 0 Å². The van der Waals surface area contributed by atoms with Gasteiger partial charge >= 0.3 is 0 Å². The molecule has 1 aliphatic carbocycles. The molecule has 110 valence electrons. The van der Waals surface area contributed by atoms with E-state index in [0.717, 1.165) is 38.1 Å². The maximum Gasteiger partial charge on any atom is 0.227 e. The number of hydrogen-bond donors (Lipinski definition) is 1. The molecule has 1 saturated heterocycles. The van der Waals surface area contributed by atoms with Crippen molar-refractivity contribution < 1.29 is 4.74 Å². The van der Waals surface area contributed by atoms with Crippen LogP contribution in [-0.2, 0) is 4.74 Å². The Labute approximate surface area is 133 Å². The first-order chi connectivity index (χ1) is 9.79. The topological polar surface area (TPSA) is 50.3 Å². The molecule has 0 amide bonds. The van der Waals surface area contributed by atoms with Gasteiger partial charge in [0, 0.05) is 26.1 Å². The Bertz CT molecular complexity index is 470. The van der Waals surface area contributed by atoms with E-state index in [1.165, 1.54) is 34.9 Å². The summed E-state index contributed by atoms with van der Waals surface area (Å²) in [4.78, 5) is 11.8. The molecular weight excluding hydrogens is 367 g/mol. The Balaban J connectivity index is 1.95. The lowest BCUT2D eigenvalue weighted by Crippen LogP contribution is -2.37. The number of hydrogen-bond acceptors (Lipinski definition) is 5. The second-order valence-electron chi connectivity index (χ2n) is 5.40. The van der Waals surface area contributed by atoms with Crippen molar-refractivity contribution >= 4 is 34.4 Å². The number of nitrogens with zero attached hydrogens (tertiary/aromatic N) is 3. The quantitative estimate of drug-likeness (QED) is 0.807. The predicted octanol–water partition coefficient (Wildman–Crippen LogP) is 2.62. The van der Waals surface area contributed by atoms with Gasteiger partial charge in [0.15, 0.2) is 0 Å². The van der Waals surface area contributed by atoms with E-state index >= 15 is 0 Å². The second-order valence-corrected chi connectivity index (χ2v) is 6.48. The highest BCUT2D eigenvalue weighted by molar-refractivity contribution is 14.1. The molecule has 0 spiro atoms. The molecule has 5 nitrogen and oxygen atoms in total. The van der Waals surface area contributed by atoms with E-state index in [-0.39, 0.29) is 0 Å². The highest BCUT2D eigenvalue weighted by atomic mass is 127. The first kappa shape index (κ1) is 14.3. The van der Waals surface area contributed by atoms with Crippen LogP contribution in [0.4, 0.5) is 11.8 Å². The van der Waals surface area contributed by atoms with Gasteiger partial charge in [-0.3, -0.25) is 0 Å². The van der Waals surface area contributed by atoms with Gasteiger partial charge in [0.2, 0.25) is 5.95 Å². The van der Waals surface area contributed by atoms with E-state index in [1.807, 2.05) is 7.05 Å². The molecule has 20 heavy (non-hydrogen) atoms. The summed E-state index contributed by atoms with van der Waals surface area (Å²) in [5.41, 5.74) is 1.24. The predicted molar refractivity (Wildman–Crippen MR) is 88.5 cm³/mol. The number of halogens is 1. The first-order valence-corrected chi connectivity index (χ1v) is 8.45. The van der Waals surface area contributed by atoms with Crippen LogP contribution in [0.25, 0.3) is 0 Å². The van der Waals surface area contributed by atoms with E-state index in [0.29, 0.717) is 5.92 Å². The van der Waals surface area contributed by atoms with Gasteiger partial charge < -0.3 is 15.0 Å². The Hall–Kier alpha value is -0.630. The number of nitrogens with one attached hydrogen (secondary N) is 1. The van der Waals surface area contributed by atoms with Crippen LogP contribution in [0.2, 0.25) is 0 Å². The molecule has 1 aliphatic heterocycles. The normalized spacial score (nSPS) is 20.4. The smallest absolute Gasteiger partial charge is 0.227 e. The lowest BCUT2D eigenvalue weighted by atomic mass is 10.0. The number of rotatable bonds is 3. The largest absolute Gasteiger partial charge is 0.378 e. The van der Waals surface area contributed by atoms with Crippen LogP contribution < -0.4 is 10.2 Å². The van der Waals surface area contributed by atoms with Crippen molar-refractivity contribution in [1.82, 2.24) is 9.97 Å². The van der Waals surface area contributed by atoms with E-state index in [9.17, 15) is 0 Å². The van der Waals surface area contributed by atoms with Crippen molar-refractivity contribution in [1.29, 1.82) is 0 Å². The summed E-state index contributed by atoms with van der Waals surface area (Å²) in [7, 11) is 1.94. The summed E-state index contributed by atoms with van der Waals surface area (Å²) in [6, 6.07) is 0. The van der Waals surface area contributed by atoms with Crippen LogP contribution in [0.1, 0.15) is 37.3 Å². The average molecular weight is 388 g/mol. The standard InChI is InChI=1S/C14H21IN4O/c1-16-13-11(15)12(10-4-2-3-5-10)17-14(18-13)19-6-8-20-9-7-19/h10H,2-9H2,1H3,(H,16,17,18). The van der Waals surface area contributed by atoms with Gasteiger partial charge in [0.25, 0.3) is 0 Å². The van der Waals surface area contributed by atoms with Crippen LogP contribution in [0, 0.1) is 3.57 Å². The third-order valence-corrected chi connectivity index (χ3v) is 5.20. The van der Waals surface area contributed by atoms with Gasteiger partial charge in [0.05, 0.1) is 22.5 Å². The van der Waals surface area contributed by atoms with Gasteiger partial charge in [-0.15, -0.1) is 0 Å². The minimum atomic E-state index is 0.608. The lowest BCUT2D eigenvalue weighted by molar-refractivity contribution is 0.122. The summed E-state index contributed by atoms with van der Waals surface area (Å²) >= 11 is 2.39. The zero-order valence-electron chi connectivity index (χ0n) is 11.9. The SMILES string of the molecule is CNc1nc(N2CCOCC2)nc(C2CCCC2)c1I. The molecule has 0 atom stereocenters. The van der Waals surface area contributed by atoms with Crippen LogP contribution in [-0.4, -0.2) is 43.3 Å². The highest BCUT2D eigenvalue weighted by Gasteiger charge is 2.25. The van der Waals surface area contributed by atoms with Crippen molar-refractivity contribution in [2.24, 2.45) is 0 Å². The first-order valence-electron chi connectivity index (χ1n) is 7.37. The number of ether oxygens (including phenoxy) is 1. The van der Waals surface area contributed by atoms with E-state index in [4.69, 9.17) is 9.72 Å². The van der Waals surface area contributed by atoms with Gasteiger partial charge in [-0.1, -0.05) is 12.8 Å². The molecule has 0 unspecified atom stereocenters. The Morgan fingerprint density at radius 3 is 2.55 bits per heavy atom. The molecule has 1 aromatic heterocycles. The monoisotopic (exact) mass is 388 g/mol. The van der Waals surface area contributed by atoms with Crippen molar-refractivity contribution in [2.45, 2.75) is 31.6 Å². The van der Waals surface area contributed by atoms with Crippen molar-refractivity contribution in [3.63, 3.8) is 0 Å². The molecule has 0 bridgehead atoms. The van der Waals surface area contributed by atoms with Crippen LogP contribution >= 0.6 is 22.6 Å². The molecule has 1 saturated carbocycles. The lowest BCUT2D eigenvalue weighted by Gasteiger charge is -2.28. The third kappa shape index (κ3) is 2.86. The second kappa shape index (κ2) is 6.43. The van der Waals surface area contributed by atoms with E-state index in [2.05, 4.69) is 37.8 Å². The van der Waals surface area contributed by atoms with Crippen LogP contribution in [0.3, 0.4) is 0 Å². The molecule has 2 aliphatic rings. The molecule has 6 heteroatoms. The van der Waals surface area contributed by atoms with Gasteiger partial charge in [-0.25, -0.2) is 4.98 Å². The molecule has 2 heterocycles. The number of aromatic nitrogens is 2. The maximum atomic E-state index is 5.42. The minimum absolute atomic E-state index is 0.608. The summed E-state index contributed by atoms with van der Waals surface area (Å²) in [6.07, 6.45) is 5.18. The van der Waals surface area contributed by atoms with Gasteiger partial charge in [-0.05, 0) is 35.4 Å². The minimum Gasteiger partial charge on any atom is -0.378 e. The Morgan fingerprint density at radius 2 is 1.90 bits per heavy atom. The van der Waals surface area contributed by atoms with Crippen LogP contribution in [0.5, 0.6) is 0 Å².